The zero-order chi connectivity index (χ0) is 13.0. The lowest BCUT2D eigenvalue weighted by Crippen LogP contribution is -2.23. The first-order valence-corrected chi connectivity index (χ1v) is 7.45. The quantitative estimate of drug-likeness (QED) is 0.832. The second kappa shape index (κ2) is 6.29. The molecule has 100 valence electrons. The molecular weight excluding hydrogens is 248 g/mol. The van der Waals surface area contributed by atoms with Gasteiger partial charge in [0.05, 0.1) is 17.3 Å². The summed E-state index contributed by atoms with van der Waals surface area (Å²) in [4.78, 5) is 17.1. The van der Waals surface area contributed by atoms with Crippen molar-refractivity contribution in [1.29, 1.82) is 0 Å². The standard InChI is InChI=1S/C13H20N2O2S/c1-3-10-12(13(16)17-4-2)18-11(15-10)8-9-6-5-7-14-9/h9,14H,3-8H2,1-2H3. The molecule has 0 aliphatic carbocycles. The van der Waals surface area contributed by atoms with E-state index >= 15 is 0 Å². The van der Waals surface area contributed by atoms with Crippen LogP contribution < -0.4 is 5.32 Å². The van der Waals surface area contributed by atoms with Gasteiger partial charge in [0.1, 0.15) is 4.88 Å². The fourth-order valence-electron chi connectivity index (χ4n) is 2.23. The van der Waals surface area contributed by atoms with E-state index < -0.39 is 0 Å². The first kappa shape index (κ1) is 13.5. The molecule has 1 aromatic rings. The van der Waals surface area contributed by atoms with E-state index in [0.29, 0.717) is 17.5 Å². The van der Waals surface area contributed by atoms with E-state index in [9.17, 15) is 4.79 Å². The number of carbonyl (C=O) groups excluding carboxylic acids is 1. The monoisotopic (exact) mass is 268 g/mol. The van der Waals surface area contributed by atoms with Gasteiger partial charge in [-0.05, 0) is 32.7 Å². The third-order valence-electron chi connectivity index (χ3n) is 3.12. The van der Waals surface area contributed by atoms with Gasteiger partial charge in [0.2, 0.25) is 0 Å². The average Bonchev–Trinajstić information content (AvgIpc) is 2.99. The Hall–Kier alpha value is -0.940. The number of aromatic nitrogens is 1. The van der Waals surface area contributed by atoms with Crippen LogP contribution in [-0.2, 0) is 17.6 Å². The Morgan fingerprint density at radius 1 is 1.56 bits per heavy atom. The van der Waals surface area contributed by atoms with Crippen molar-refractivity contribution in [3.63, 3.8) is 0 Å². The number of carbonyl (C=O) groups is 1. The number of hydrogen-bond donors (Lipinski definition) is 1. The van der Waals surface area contributed by atoms with Gasteiger partial charge in [-0.25, -0.2) is 9.78 Å². The van der Waals surface area contributed by atoms with Crippen LogP contribution in [0.1, 0.15) is 47.1 Å². The Labute approximate surface area is 112 Å². The van der Waals surface area contributed by atoms with Crippen LogP contribution >= 0.6 is 11.3 Å². The van der Waals surface area contributed by atoms with Gasteiger partial charge < -0.3 is 10.1 Å². The summed E-state index contributed by atoms with van der Waals surface area (Å²) in [5.41, 5.74) is 0.881. The Bertz CT molecular complexity index is 411. The Morgan fingerprint density at radius 2 is 2.39 bits per heavy atom. The molecule has 4 nitrogen and oxygen atoms in total. The molecule has 0 bridgehead atoms. The average molecular weight is 268 g/mol. The minimum atomic E-state index is -0.225. The molecule has 2 rings (SSSR count). The summed E-state index contributed by atoms with van der Waals surface area (Å²) in [6.45, 7) is 5.37. The van der Waals surface area contributed by atoms with E-state index in [1.807, 2.05) is 13.8 Å². The van der Waals surface area contributed by atoms with Gasteiger partial charge in [-0.3, -0.25) is 0 Å². The predicted molar refractivity (Wildman–Crippen MR) is 72.2 cm³/mol. The van der Waals surface area contributed by atoms with E-state index in [1.165, 1.54) is 24.2 Å². The maximum atomic E-state index is 11.8. The molecule has 1 N–H and O–H groups in total. The molecule has 1 aromatic heterocycles. The summed E-state index contributed by atoms with van der Waals surface area (Å²) in [6, 6.07) is 0.524. The molecule has 1 unspecified atom stereocenters. The molecule has 18 heavy (non-hydrogen) atoms. The van der Waals surface area contributed by atoms with Crippen molar-refractivity contribution in [2.24, 2.45) is 0 Å². The SMILES string of the molecule is CCOC(=O)c1sc(CC2CCCN2)nc1CC. The van der Waals surface area contributed by atoms with Crippen molar-refractivity contribution in [2.75, 3.05) is 13.2 Å². The van der Waals surface area contributed by atoms with Crippen LogP contribution in [0, 0.1) is 0 Å². The highest BCUT2D eigenvalue weighted by Gasteiger charge is 2.21. The van der Waals surface area contributed by atoms with Crippen molar-refractivity contribution in [1.82, 2.24) is 10.3 Å². The third kappa shape index (κ3) is 3.09. The second-order valence-electron chi connectivity index (χ2n) is 4.45. The number of ether oxygens (including phenoxy) is 1. The molecule has 1 aliphatic rings. The number of thiazole rings is 1. The van der Waals surface area contributed by atoms with E-state index in [2.05, 4.69) is 10.3 Å². The first-order chi connectivity index (χ1) is 8.74. The van der Waals surface area contributed by atoms with Gasteiger partial charge in [0, 0.05) is 12.5 Å². The highest BCUT2D eigenvalue weighted by atomic mass is 32.1. The summed E-state index contributed by atoms with van der Waals surface area (Å²) >= 11 is 1.49. The van der Waals surface area contributed by atoms with Crippen LogP contribution in [0.15, 0.2) is 0 Å². The van der Waals surface area contributed by atoms with Crippen molar-refractivity contribution in [3.05, 3.63) is 15.6 Å². The number of esters is 1. The zero-order valence-electron chi connectivity index (χ0n) is 11.0. The van der Waals surface area contributed by atoms with E-state index in [-0.39, 0.29) is 5.97 Å². The van der Waals surface area contributed by atoms with Gasteiger partial charge in [0.15, 0.2) is 0 Å². The largest absolute Gasteiger partial charge is 0.462 e. The normalized spacial score (nSPS) is 19.1. The second-order valence-corrected chi connectivity index (χ2v) is 5.54. The van der Waals surface area contributed by atoms with Crippen LogP contribution in [0.2, 0.25) is 0 Å². The van der Waals surface area contributed by atoms with E-state index in [4.69, 9.17) is 4.74 Å². The summed E-state index contributed by atoms with van der Waals surface area (Å²) in [5.74, 6) is -0.225. The minimum Gasteiger partial charge on any atom is -0.462 e. The fraction of sp³-hybridized carbons (Fsp3) is 0.692. The van der Waals surface area contributed by atoms with E-state index in [1.54, 1.807) is 0 Å². The molecule has 2 heterocycles. The first-order valence-electron chi connectivity index (χ1n) is 6.63. The number of nitrogens with zero attached hydrogens (tertiary/aromatic N) is 1. The Balaban J connectivity index is 2.09. The van der Waals surface area contributed by atoms with Gasteiger partial charge in [-0.15, -0.1) is 11.3 Å². The zero-order valence-corrected chi connectivity index (χ0v) is 11.8. The lowest BCUT2D eigenvalue weighted by atomic mass is 10.2. The van der Waals surface area contributed by atoms with Crippen LogP contribution in [-0.4, -0.2) is 30.1 Å². The van der Waals surface area contributed by atoms with Crippen LogP contribution in [0.3, 0.4) is 0 Å². The summed E-state index contributed by atoms with van der Waals surface area (Å²) in [5, 5.41) is 4.51. The minimum absolute atomic E-state index is 0.225. The Kier molecular flexibility index (Phi) is 4.72. The summed E-state index contributed by atoms with van der Waals surface area (Å²) in [6.07, 6.45) is 4.15. The van der Waals surface area contributed by atoms with Gasteiger partial charge in [0.25, 0.3) is 0 Å². The van der Waals surface area contributed by atoms with Gasteiger partial charge in [-0.2, -0.15) is 0 Å². The Morgan fingerprint density at radius 3 is 3.00 bits per heavy atom. The molecule has 1 atom stereocenters. The molecule has 0 saturated carbocycles. The maximum absolute atomic E-state index is 11.8. The van der Waals surface area contributed by atoms with Crippen molar-refractivity contribution in [3.8, 4) is 0 Å². The molecule has 0 aromatic carbocycles. The molecule has 1 saturated heterocycles. The molecule has 0 radical (unpaired) electrons. The van der Waals surface area contributed by atoms with Gasteiger partial charge in [-0.1, -0.05) is 6.92 Å². The third-order valence-corrected chi connectivity index (χ3v) is 4.22. The number of rotatable bonds is 5. The van der Waals surface area contributed by atoms with Crippen LogP contribution in [0.5, 0.6) is 0 Å². The van der Waals surface area contributed by atoms with Crippen LogP contribution in [0.4, 0.5) is 0 Å². The van der Waals surface area contributed by atoms with Crippen LogP contribution in [0.25, 0.3) is 0 Å². The van der Waals surface area contributed by atoms with Crippen molar-refractivity contribution in [2.45, 2.75) is 45.6 Å². The highest BCUT2D eigenvalue weighted by Crippen LogP contribution is 2.23. The summed E-state index contributed by atoms with van der Waals surface area (Å²) in [7, 11) is 0. The summed E-state index contributed by atoms with van der Waals surface area (Å²) < 4.78 is 5.07. The smallest absolute Gasteiger partial charge is 0.350 e. The molecule has 5 heteroatoms. The molecule has 0 amide bonds. The molecule has 0 spiro atoms. The fourth-order valence-corrected chi connectivity index (χ4v) is 3.35. The topological polar surface area (TPSA) is 51.2 Å². The predicted octanol–water partition coefficient (Wildman–Crippen LogP) is 2.18. The lowest BCUT2D eigenvalue weighted by molar-refractivity contribution is 0.0530. The molecule has 1 fully saturated rings. The molecular formula is C13H20N2O2S. The van der Waals surface area contributed by atoms with E-state index in [0.717, 1.165) is 30.1 Å². The molecule has 1 aliphatic heterocycles. The maximum Gasteiger partial charge on any atom is 0.350 e. The number of nitrogens with one attached hydrogen (secondary N) is 1. The van der Waals surface area contributed by atoms with Gasteiger partial charge >= 0.3 is 5.97 Å². The van der Waals surface area contributed by atoms with Crippen molar-refractivity contribution >= 4 is 17.3 Å². The highest BCUT2D eigenvalue weighted by molar-refractivity contribution is 7.13. The number of hydrogen-bond acceptors (Lipinski definition) is 5. The lowest BCUT2D eigenvalue weighted by Gasteiger charge is -2.06. The number of aryl methyl sites for hydroxylation is 1. The van der Waals surface area contributed by atoms with Crippen molar-refractivity contribution < 1.29 is 9.53 Å².